The summed E-state index contributed by atoms with van der Waals surface area (Å²) in [6.45, 7) is 18.6. The van der Waals surface area contributed by atoms with Crippen LogP contribution < -0.4 is 5.32 Å². The molecule has 0 unspecified atom stereocenters. The number of allylic oxidation sites excluding steroid dienone is 4. The van der Waals surface area contributed by atoms with E-state index >= 15 is 0 Å². The first-order valence-corrected chi connectivity index (χ1v) is 11.4. The molecule has 2 atom stereocenters. The molecule has 5 heteroatoms. The maximum Gasteiger partial charge on any atom is 0.413 e. The van der Waals surface area contributed by atoms with Gasteiger partial charge in [0.2, 0.25) is 0 Å². The lowest BCUT2D eigenvalue weighted by Crippen LogP contribution is -2.66. The van der Waals surface area contributed by atoms with Gasteiger partial charge in [-0.15, -0.1) is 0 Å². The number of cyclic esters (lactones) is 1. The van der Waals surface area contributed by atoms with E-state index in [0.29, 0.717) is 6.42 Å². The van der Waals surface area contributed by atoms with E-state index in [4.69, 9.17) is 4.74 Å². The largest absolute Gasteiger partial charge is 0.438 e. The molecular formula is C25H44N2O3. The summed E-state index contributed by atoms with van der Waals surface area (Å²) in [4.78, 5) is 14.5. The summed E-state index contributed by atoms with van der Waals surface area (Å²) in [6.07, 6.45) is 9.08. The van der Waals surface area contributed by atoms with Crippen molar-refractivity contribution >= 4 is 6.09 Å². The number of nitrogens with zero attached hydrogens (tertiary/aromatic N) is 1. The fourth-order valence-electron chi connectivity index (χ4n) is 5.30. The Hall–Kier alpha value is -1.33. The molecule has 172 valence electrons. The lowest BCUT2D eigenvalue weighted by atomic mass is 9.77. The Balaban J connectivity index is 2.10. The molecule has 0 saturated carbocycles. The molecule has 2 heterocycles. The Morgan fingerprint density at radius 3 is 2.17 bits per heavy atom. The van der Waals surface area contributed by atoms with Crippen LogP contribution in [0.5, 0.6) is 0 Å². The van der Waals surface area contributed by atoms with Crippen LogP contribution in [0.15, 0.2) is 23.3 Å². The molecule has 2 aliphatic heterocycles. The highest BCUT2D eigenvalue weighted by molar-refractivity contribution is 5.72. The van der Waals surface area contributed by atoms with Crippen LogP contribution in [0.1, 0.15) is 101 Å². The maximum absolute atomic E-state index is 12.9. The molecule has 2 fully saturated rings. The van der Waals surface area contributed by atoms with Gasteiger partial charge in [0.15, 0.2) is 11.3 Å². The van der Waals surface area contributed by atoms with Gasteiger partial charge in [0, 0.05) is 17.1 Å². The Kier molecular flexibility index (Phi) is 7.20. The molecule has 2 aliphatic rings. The highest BCUT2D eigenvalue weighted by atomic mass is 16.6. The predicted molar refractivity (Wildman–Crippen MR) is 123 cm³/mol. The van der Waals surface area contributed by atoms with Crippen LogP contribution in [0.3, 0.4) is 0 Å². The van der Waals surface area contributed by atoms with E-state index in [1.54, 1.807) is 11.8 Å². The van der Waals surface area contributed by atoms with Crippen molar-refractivity contribution in [2.75, 3.05) is 0 Å². The molecule has 0 spiro atoms. The predicted octanol–water partition coefficient (Wildman–Crippen LogP) is 5.69. The van der Waals surface area contributed by atoms with Crippen molar-refractivity contribution in [3.05, 3.63) is 23.3 Å². The third kappa shape index (κ3) is 5.67. The van der Waals surface area contributed by atoms with Crippen molar-refractivity contribution in [2.45, 2.75) is 129 Å². The van der Waals surface area contributed by atoms with Gasteiger partial charge in [-0.05, 0) is 101 Å². The second-order valence-corrected chi connectivity index (χ2v) is 11.4. The summed E-state index contributed by atoms with van der Waals surface area (Å²) < 4.78 is 5.84. The lowest BCUT2D eigenvalue weighted by Gasteiger charge is -2.51. The van der Waals surface area contributed by atoms with Gasteiger partial charge in [0.05, 0.1) is 0 Å². The van der Waals surface area contributed by atoms with Gasteiger partial charge in [-0.3, -0.25) is 4.90 Å². The molecule has 0 radical (unpaired) electrons. The summed E-state index contributed by atoms with van der Waals surface area (Å²) in [6, 6.07) is -0.0677. The van der Waals surface area contributed by atoms with Crippen molar-refractivity contribution in [2.24, 2.45) is 0 Å². The van der Waals surface area contributed by atoms with Crippen molar-refractivity contribution in [1.82, 2.24) is 10.2 Å². The normalized spacial score (nSPS) is 31.6. The molecule has 2 saturated heterocycles. The minimum absolute atomic E-state index is 0.0677. The minimum Gasteiger partial charge on any atom is -0.438 e. The smallest absolute Gasteiger partial charge is 0.413 e. The van der Waals surface area contributed by atoms with E-state index in [0.717, 1.165) is 32.1 Å². The number of amides is 1. The number of carbonyl (C=O) groups is 1. The Labute approximate surface area is 183 Å². The zero-order valence-electron chi connectivity index (χ0n) is 20.7. The Morgan fingerprint density at radius 2 is 1.63 bits per heavy atom. The van der Waals surface area contributed by atoms with E-state index in [1.165, 1.54) is 11.1 Å². The highest BCUT2D eigenvalue weighted by Crippen LogP contribution is 2.45. The number of hydrogen-bond donors (Lipinski definition) is 2. The second kappa shape index (κ2) is 8.66. The van der Waals surface area contributed by atoms with Gasteiger partial charge in [-0.25, -0.2) is 4.79 Å². The van der Waals surface area contributed by atoms with Crippen LogP contribution in [0.25, 0.3) is 0 Å². The van der Waals surface area contributed by atoms with Crippen molar-refractivity contribution < 1.29 is 14.6 Å². The number of nitrogens with one attached hydrogen (secondary N) is 1. The van der Waals surface area contributed by atoms with Gasteiger partial charge < -0.3 is 15.2 Å². The summed E-state index contributed by atoms with van der Waals surface area (Å²) >= 11 is 0. The van der Waals surface area contributed by atoms with Crippen molar-refractivity contribution in [3.8, 4) is 0 Å². The molecule has 0 aromatic carbocycles. The number of aliphatic hydroxyl groups is 1. The zero-order valence-corrected chi connectivity index (χ0v) is 20.7. The van der Waals surface area contributed by atoms with Gasteiger partial charge in [0.1, 0.15) is 0 Å². The number of piperidine rings is 1. The SMILES string of the molecule is CC(C)=CCC/C(C)=C/CC[C@]1(C)OC(=O)N(C2CC(C)(C)NC(C)(C)C2)[C@]1(C)O. The summed E-state index contributed by atoms with van der Waals surface area (Å²) in [5.41, 5.74) is 0.161. The molecule has 0 aromatic heterocycles. The molecule has 1 amide bonds. The standard InChI is InChI=1S/C25H44N2O3/c1-18(2)12-10-13-19(3)14-11-15-24(8)25(9,29)27(21(28)30-24)20-16-22(4,5)26-23(6,7)17-20/h12,14,20,26,29H,10-11,13,15-17H2,1-9H3/b19-14+/t24-,25+/m0/s1. The minimum atomic E-state index is -1.35. The molecule has 0 bridgehead atoms. The molecule has 5 nitrogen and oxygen atoms in total. The first-order chi connectivity index (χ1) is 13.6. The summed E-state index contributed by atoms with van der Waals surface area (Å²) in [5.74, 6) is 0. The van der Waals surface area contributed by atoms with Gasteiger partial charge in [0.25, 0.3) is 0 Å². The molecule has 30 heavy (non-hydrogen) atoms. The topological polar surface area (TPSA) is 61.8 Å². The van der Waals surface area contributed by atoms with Gasteiger partial charge in [-0.1, -0.05) is 23.3 Å². The van der Waals surface area contributed by atoms with Crippen molar-refractivity contribution in [1.29, 1.82) is 0 Å². The first-order valence-electron chi connectivity index (χ1n) is 11.4. The third-order valence-corrected chi connectivity index (χ3v) is 6.72. The van der Waals surface area contributed by atoms with Crippen LogP contribution in [0.2, 0.25) is 0 Å². The number of ether oxygens (including phenoxy) is 1. The number of rotatable bonds is 7. The van der Waals surface area contributed by atoms with Crippen LogP contribution in [0.4, 0.5) is 4.79 Å². The summed E-state index contributed by atoms with van der Waals surface area (Å²) in [5, 5.41) is 15.2. The van der Waals surface area contributed by atoms with Crippen LogP contribution in [-0.2, 0) is 4.74 Å². The Bertz CT molecular complexity index is 685. The van der Waals surface area contributed by atoms with Crippen LogP contribution >= 0.6 is 0 Å². The zero-order chi connectivity index (χ0) is 23.0. The van der Waals surface area contributed by atoms with Crippen LogP contribution in [-0.4, -0.2) is 44.5 Å². The van der Waals surface area contributed by atoms with E-state index < -0.39 is 17.4 Å². The molecule has 2 rings (SSSR count). The van der Waals surface area contributed by atoms with E-state index in [2.05, 4.69) is 65.9 Å². The fourth-order valence-corrected chi connectivity index (χ4v) is 5.30. The molecule has 0 aliphatic carbocycles. The molecule has 0 aromatic rings. The number of carbonyl (C=O) groups excluding carboxylic acids is 1. The summed E-state index contributed by atoms with van der Waals surface area (Å²) in [7, 11) is 0. The first kappa shape index (κ1) is 24.9. The fraction of sp³-hybridized carbons (Fsp3) is 0.800. The average molecular weight is 421 g/mol. The van der Waals surface area contributed by atoms with Crippen LogP contribution in [0, 0.1) is 0 Å². The molecular weight excluding hydrogens is 376 g/mol. The average Bonchev–Trinajstić information content (AvgIpc) is 2.68. The second-order valence-electron chi connectivity index (χ2n) is 11.4. The monoisotopic (exact) mass is 420 g/mol. The highest BCUT2D eigenvalue weighted by Gasteiger charge is 2.61. The van der Waals surface area contributed by atoms with E-state index in [-0.39, 0.29) is 17.1 Å². The molecule has 2 N–H and O–H groups in total. The maximum atomic E-state index is 12.9. The van der Waals surface area contributed by atoms with Gasteiger partial charge in [-0.2, -0.15) is 0 Å². The van der Waals surface area contributed by atoms with Gasteiger partial charge >= 0.3 is 6.09 Å². The quantitative estimate of drug-likeness (QED) is 0.520. The third-order valence-electron chi connectivity index (χ3n) is 6.72. The Morgan fingerprint density at radius 1 is 1.07 bits per heavy atom. The lowest BCUT2D eigenvalue weighted by molar-refractivity contribution is -0.154. The van der Waals surface area contributed by atoms with E-state index in [9.17, 15) is 9.90 Å². The van der Waals surface area contributed by atoms with E-state index in [1.807, 2.05) is 6.92 Å². The van der Waals surface area contributed by atoms with Crippen molar-refractivity contribution in [3.63, 3.8) is 0 Å². The number of hydrogen-bond acceptors (Lipinski definition) is 4.